The van der Waals surface area contributed by atoms with Crippen molar-refractivity contribution < 1.29 is 23.4 Å². The monoisotopic (exact) mass is 492 g/mol. The predicted octanol–water partition coefficient (Wildman–Crippen LogP) is 5.27. The summed E-state index contributed by atoms with van der Waals surface area (Å²) >= 11 is 0. The summed E-state index contributed by atoms with van der Waals surface area (Å²) in [6.45, 7) is 21.8. The molecule has 2 heterocycles. The third-order valence-corrected chi connectivity index (χ3v) is 11.4. The van der Waals surface area contributed by atoms with E-state index in [1.807, 2.05) is 46.8 Å². The number of hydrogen-bond donors (Lipinski definition) is 2. The number of carbonyl (C=O) groups is 1. The van der Waals surface area contributed by atoms with Crippen LogP contribution in [-0.2, 0) is 25.2 Å². The van der Waals surface area contributed by atoms with Crippen molar-refractivity contribution in [3.05, 3.63) is 35.4 Å². The normalized spacial score (nSPS) is 26.9. The van der Waals surface area contributed by atoms with Crippen LogP contribution < -0.4 is 10.6 Å². The van der Waals surface area contributed by atoms with E-state index in [-0.39, 0.29) is 29.3 Å². The topological polar surface area (TPSA) is 78.1 Å². The Balaban J connectivity index is 1.67. The summed E-state index contributed by atoms with van der Waals surface area (Å²) in [5, 5.41) is 6.68. The first-order chi connectivity index (χ1) is 15.5. The van der Waals surface area contributed by atoms with Gasteiger partial charge in [-0.2, -0.15) is 0 Å². The Hall–Kier alpha value is -1.45. The maximum absolute atomic E-state index is 11.9. The molecule has 2 saturated heterocycles. The van der Waals surface area contributed by atoms with Gasteiger partial charge in [-0.15, -0.1) is 0 Å². The summed E-state index contributed by atoms with van der Waals surface area (Å²) in [6, 6.07) is 8.30. The van der Waals surface area contributed by atoms with Crippen LogP contribution in [0.15, 0.2) is 24.3 Å². The van der Waals surface area contributed by atoms with E-state index < -0.39 is 25.8 Å². The lowest BCUT2D eigenvalue weighted by Gasteiger charge is -2.37. The van der Waals surface area contributed by atoms with Crippen molar-refractivity contribution in [1.82, 2.24) is 10.6 Å². The third-order valence-electron chi connectivity index (χ3n) is 6.89. The largest absolute Gasteiger partial charge is 0.444 e. The van der Waals surface area contributed by atoms with Crippen LogP contribution in [0.1, 0.15) is 72.6 Å². The minimum atomic E-state index is -1.88. The molecule has 0 saturated carbocycles. The van der Waals surface area contributed by atoms with Gasteiger partial charge >= 0.3 is 6.09 Å². The van der Waals surface area contributed by atoms with Crippen LogP contribution in [0.25, 0.3) is 0 Å². The lowest BCUT2D eigenvalue weighted by molar-refractivity contribution is -0.157. The zero-order valence-corrected chi connectivity index (χ0v) is 23.6. The van der Waals surface area contributed by atoms with Gasteiger partial charge in [0.2, 0.25) is 0 Å². The van der Waals surface area contributed by atoms with Crippen molar-refractivity contribution in [2.24, 2.45) is 0 Å². The SMILES string of the molecule is CC(C)(C)OC(=O)NCc1ccc([C@@H]2N[C@H](CO[Si](C)(C)C(C)(C)C)[C@H]3OC(C)(C)O[C@H]32)cc1. The Morgan fingerprint density at radius 2 is 1.65 bits per heavy atom. The Kier molecular flexibility index (Phi) is 7.62. The zero-order valence-electron chi connectivity index (χ0n) is 22.6. The number of amides is 1. The zero-order chi connectivity index (χ0) is 25.5. The molecule has 0 radical (unpaired) electrons. The lowest BCUT2D eigenvalue weighted by Crippen LogP contribution is -2.47. The molecule has 1 amide bonds. The maximum Gasteiger partial charge on any atom is 0.407 e. The van der Waals surface area contributed by atoms with E-state index in [1.165, 1.54) is 0 Å². The molecule has 2 aliphatic heterocycles. The first-order valence-electron chi connectivity index (χ1n) is 12.3. The van der Waals surface area contributed by atoms with Crippen molar-refractivity contribution in [2.45, 2.75) is 116 Å². The Morgan fingerprint density at radius 3 is 2.21 bits per heavy atom. The molecular weight excluding hydrogens is 448 g/mol. The Morgan fingerprint density at radius 1 is 1.06 bits per heavy atom. The minimum absolute atomic E-state index is 0.00709. The van der Waals surface area contributed by atoms with Crippen LogP contribution in [-0.4, -0.2) is 50.7 Å². The van der Waals surface area contributed by atoms with Gasteiger partial charge in [0.1, 0.15) is 17.8 Å². The van der Waals surface area contributed by atoms with Gasteiger partial charge in [-0.3, -0.25) is 0 Å². The number of nitrogens with one attached hydrogen (secondary N) is 2. The summed E-state index contributed by atoms with van der Waals surface area (Å²) < 4.78 is 24.5. The smallest absolute Gasteiger partial charge is 0.407 e. The Labute approximate surface area is 206 Å². The molecule has 0 aromatic heterocycles. The van der Waals surface area contributed by atoms with E-state index in [0.29, 0.717) is 13.2 Å². The summed E-state index contributed by atoms with van der Waals surface area (Å²) in [7, 11) is -1.88. The van der Waals surface area contributed by atoms with E-state index in [4.69, 9.17) is 18.6 Å². The molecule has 3 rings (SSSR count). The van der Waals surface area contributed by atoms with Crippen molar-refractivity contribution in [3.63, 3.8) is 0 Å². The molecule has 1 aromatic carbocycles. The van der Waals surface area contributed by atoms with Crippen LogP contribution in [0.4, 0.5) is 4.79 Å². The average molecular weight is 493 g/mol. The fourth-order valence-corrected chi connectivity index (χ4v) is 5.11. The van der Waals surface area contributed by atoms with Crippen molar-refractivity contribution in [3.8, 4) is 0 Å². The van der Waals surface area contributed by atoms with Crippen molar-refractivity contribution >= 4 is 14.4 Å². The number of ether oxygens (including phenoxy) is 3. The molecule has 0 unspecified atom stereocenters. The molecule has 34 heavy (non-hydrogen) atoms. The number of fused-ring (bicyclic) bond motifs is 1. The standard InChI is InChI=1S/C26H44N2O5Si/c1-24(2,3)33-23(29)27-15-17-11-13-18(14-12-17)20-22-21(31-26(7,8)32-22)19(28-20)16-30-34(9,10)25(4,5)6/h11-14,19-22,28H,15-16H2,1-10H3,(H,27,29)/t19-,20+,21-,22+/m1/s1. The molecule has 7 nitrogen and oxygen atoms in total. The van der Waals surface area contributed by atoms with Gasteiger partial charge in [0.15, 0.2) is 14.1 Å². The fraction of sp³-hybridized carbons (Fsp3) is 0.731. The van der Waals surface area contributed by atoms with Crippen LogP contribution >= 0.6 is 0 Å². The molecule has 0 bridgehead atoms. The van der Waals surface area contributed by atoms with E-state index >= 15 is 0 Å². The molecule has 0 aliphatic carbocycles. The summed E-state index contributed by atoms with van der Waals surface area (Å²) in [4.78, 5) is 11.9. The van der Waals surface area contributed by atoms with Gasteiger partial charge in [0, 0.05) is 6.54 Å². The highest BCUT2D eigenvalue weighted by Gasteiger charge is 2.54. The second-order valence-electron chi connectivity index (χ2n) is 12.5. The minimum Gasteiger partial charge on any atom is -0.444 e. The quantitative estimate of drug-likeness (QED) is 0.527. The molecule has 1 aromatic rings. The van der Waals surface area contributed by atoms with Gasteiger partial charge in [-0.25, -0.2) is 4.79 Å². The number of carbonyl (C=O) groups excluding carboxylic acids is 1. The first-order valence-corrected chi connectivity index (χ1v) is 15.2. The highest BCUT2D eigenvalue weighted by molar-refractivity contribution is 6.74. The molecule has 2 N–H and O–H groups in total. The molecule has 4 atom stereocenters. The van der Waals surface area contributed by atoms with Gasteiger partial charge in [0.25, 0.3) is 0 Å². The molecule has 8 heteroatoms. The van der Waals surface area contributed by atoms with Gasteiger partial charge < -0.3 is 29.3 Å². The molecule has 192 valence electrons. The van der Waals surface area contributed by atoms with Crippen LogP contribution in [0.5, 0.6) is 0 Å². The highest BCUT2D eigenvalue weighted by atomic mass is 28.4. The second-order valence-corrected chi connectivity index (χ2v) is 17.3. The molecular formula is C26H44N2O5Si. The van der Waals surface area contributed by atoms with E-state index in [1.54, 1.807) is 0 Å². The number of benzene rings is 1. The van der Waals surface area contributed by atoms with Crippen LogP contribution in [0.3, 0.4) is 0 Å². The van der Waals surface area contributed by atoms with E-state index in [0.717, 1.165) is 11.1 Å². The fourth-order valence-electron chi connectivity index (χ4n) is 4.08. The molecule has 2 fully saturated rings. The Bertz CT molecular complexity index is 857. The van der Waals surface area contributed by atoms with Gasteiger partial charge in [0.05, 0.1) is 18.7 Å². The van der Waals surface area contributed by atoms with Crippen molar-refractivity contribution in [2.75, 3.05) is 6.61 Å². The third kappa shape index (κ3) is 6.60. The predicted molar refractivity (Wildman–Crippen MR) is 136 cm³/mol. The summed E-state index contributed by atoms with van der Waals surface area (Å²) in [5.41, 5.74) is 1.62. The first kappa shape index (κ1) is 27.1. The summed E-state index contributed by atoms with van der Waals surface area (Å²) in [5.74, 6) is -0.623. The van der Waals surface area contributed by atoms with Crippen LogP contribution in [0, 0.1) is 0 Å². The average Bonchev–Trinajstić information content (AvgIpc) is 3.16. The lowest BCUT2D eigenvalue weighted by atomic mass is 10.00. The maximum atomic E-state index is 11.9. The number of alkyl carbamates (subject to hydrolysis) is 1. The van der Waals surface area contributed by atoms with Crippen molar-refractivity contribution in [1.29, 1.82) is 0 Å². The number of rotatable bonds is 6. The van der Waals surface area contributed by atoms with E-state index in [2.05, 4.69) is 56.6 Å². The van der Waals surface area contributed by atoms with Crippen LogP contribution in [0.2, 0.25) is 18.1 Å². The summed E-state index contributed by atoms with van der Waals surface area (Å²) in [6.07, 6.45) is -0.577. The van der Waals surface area contributed by atoms with E-state index in [9.17, 15) is 4.79 Å². The van der Waals surface area contributed by atoms with Gasteiger partial charge in [-0.1, -0.05) is 45.0 Å². The number of hydrogen-bond acceptors (Lipinski definition) is 6. The molecule has 0 spiro atoms. The molecule has 2 aliphatic rings. The van der Waals surface area contributed by atoms with Gasteiger partial charge in [-0.05, 0) is 63.9 Å². The second kappa shape index (κ2) is 9.54. The highest BCUT2D eigenvalue weighted by Crippen LogP contribution is 2.43.